The minimum atomic E-state index is -3.50. The highest BCUT2D eigenvalue weighted by atomic mass is 32.2. The van der Waals surface area contributed by atoms with E-state index in [-0.39, 0.29) is 10.7 Å². The summed E-state index contributed by atoms with van der Waals surface area (Å²) in [4.78, 5) is 15.9. The number of benzene rings is 1. The van der Waals surface area contributed by atoms with Crippen LogP contribution in [-0.4, -0.2) is 36.6 Å². The van der Waals surface area contributed by atoms with Gasteiger partial charge >= 0.3 is 0 Å². The molecule has 6 heteroatoms. The van der Waals surface area contributed by atoms with Gasteiger partial charge in [0.1, 0.15) is 0 Å². The van der Waals surface area contributed by atoms with Gasteiger partial charge in [0.05, 0.1) is 4.90 Å². The molecule has 0 spiro atoms. The zero-order valence-corrected chi connectivity index (χ0v) is 15.3. The molecule has 0 amide bonds. The normalized spacial score (nSPS) is 20.2. The van der Waals surface area contributed by atoms with Crippen molar-refractivity contribution in [3.63, 3.8) is 0 Å². The average molecular weight is 360 g/mol. The van der Waals surface area contributed by atoms with Gasteiger partial charge in [-0.3, -0.25) is 4.79 Å². The van der Waals surface area contributed by atoms with Crippen LogP contribution in [0.25, 0.3) is 10.9 Å². The molecule has 0 bridgehead atoms. The first kappa shape index (κ1) is 16.8. The van der Waals surface area contributed by atoms with E-state index in [1.807, 2.05) is 0 Å². The molecule has 1 N–H and O–H groups in total. The van der Waals surface area contributed by atoms with Crippen LogP contribution in [-0.2, 0) is 10.0 Å². The molecule has 4 rings (SSSR count). The minimum Gasteiger partial charge on any atom is -0.360 e. The summed E-state index contributed by atoms with van der Waals surface area (Å²) in [5.74, 6) is 1.19. The number of aromatic amines is 1. The Bertz CT molecular complexity index is 904. The molecule has 1 aliphatic carbocycles. The van der Waals surface area contributed by atoms with Crippen molar-refractivity contribution in [3.8, 4) is 0 Å². The van der Waals surface area contributed by atoms with E-state index < -0.39 is 10.0 Å². The molecule has 5 nitrogen and oxygen atoms in total. The van der Waals surface area contributed by atoms with Crippen LogP contribution in [0.5, 0.6) is 0 Å². The maximum atomic E-state index is 13.0. The SMILES string of the molecule is CC1CCN(S(=O)(=O)c2ccc3[nH]cc(C(=O)CC4CC4)c3c2)CC1. The molecular weight excluding hydrogens is 336 g/mol. The number of fused-ring (bicyclic) bond motifs is 1. The molecule has 1 aromatic heterocycles. The number of H-pyrrole nitrogens is 1. The molecule has 1 saturated heterocycles. The first-order chi connectivity index (χ1) is 11.9. The summed E-state index contributed by atoms with van der Waals surface area (Å²) >= 11 is 0. The van der Waals surface area contributed by atoms with E-state index in [1.165, 1.54) is 0 Å². The number of rotatable bonds is 5. The number of hydrogen-bond donors (Lipinski definition) is 1. The molecule has 1 aliphatic heterocycles. The number of nitrogens with one attached hydrogen (secondary N) is 1. The zero-order valence-electron chi connectivity index (χ0n) is 14.5. The fraction of sp³-hybridized carbons (Fsp3) is 0.526. The molecule has 2 fully saturated rings. The number of carbonyl (C=O) groups is 1. The quantitative estimate of drug-likeness (QED) is 0.829. The lowest BCUT2D eigenvalue weighted by Crippen LogP contribution is -2.37. The maximum Gasteiger partial charge on any atom is 0.243 e. The number of piperidine rings is 1. The largest absolute Gasteiger partial charge is 0.360 e. The molecule has 2 heterocycles. The van der Waals surface area contributed by atoms with Crippen molar-refractivity contribution >= 4 is 26.7 Å². The zero-order chi connectivity index (χ0) is 17.6. The Balaban J connectivity index is 1.66. The molecule has 134 valence electrons. The predicted molar refractivity (Wildman–Crippen MR) is 97.1 cm³/mol. The highest BCUT2D eigenvalue weighted by molar-refractivity contribution is 7.89. The van der Waals surface area contributed by atoms with E-state index in [1.54, 1.807) is 28.7 Å². The van der Waals surface area contributed by atoms with E-state index in [0.29, 0.717) is 36.9 Å². The van der Waals surface area contributed by atoms with Gasteiger partial charge in [-0.2, -0.15) is 4.31 Å². The summed E-state index contributed by atoms with van der Waals surface area (Å²) in [5.41, 5.74) is 1.43. The van der Waals surface area contributed by atoms with E-state index in [2.05, 4.69) is 11.9 Å². The molecule has 1 aromatic carbocycles. The van der Waals surface area contributed by atoms with Gasteiger partial charge < -0.3 is 4.98 Å². The van der Waals surface area contributed by atoms with Gasteiger partial charge in [-0.15, -0.1) is 0 Å². The third kappa shape index (κ3) is 3.25. The van der Waals surface area contributed by atoms with Crippen molar-refractivity contribution in [3.05, 3.63) is 30.0 Å². The van der Waals surface area contributed by atoms with Gasteiger partial charge in [-0.05, 0) is 55.7 Å². The molecule has 1 saturated carbocycles. The lowest BCUT2D eigenvalue weighted by molar-refractivity contribution is 0.0977. The van der Waals surface area contributed by atoms with Crippen molar-refractivity contribution in [1.29, 1.82) is 0 Å². The lowest BCUT2D eigenvalue weighted by Gasteiger charge is -2.29. The molecule has 2 aromatic rings. The third-order valence-corrected chi connectivity index (χ3v) is 7.40. The summed E-state index contributed by atoms with van der Waals surface area (Å²) < 4.78 is 27.5. The van der Waals surface area contributed by atoms with Gasteiger partial charge in [0.25, 0.3) is 0 Å². The van der Waals surface area contributed by atoms with Gasteiger partial charge in [0, 0.05) is 42.2 Å². The van der Waals surface area contributed by atoms with Crippen LogP contribution in [0.2, 0.25) is 0 Å². The number of carbonyl (C=O) groups excluding carboxylic acids is 1. The van der Waals surface area contributed by atoms with Crippen LogP contribution in [0.15, 0.2) is 29.3 Å². The first-order valence-corrected chi connectivity index (χ1v) is 10.5. The first-order valence-electron chi connectivity index (χ1n) is 9.09. The number of hydrogen-bond acceptors (Lipinski definition) is 3. The van der Waals surface area contributed by atoms with Crippen LogP contribution in [0, 0.1) is 11.8 Å². The number of aromatic nitrogens is 1. The second kappa shape index (κ2) is 6.25. The molecule has 2 aliphatic rings. The van der Waals surface area contributed by atoms with Crippen molar-refractivity contribution in [1.82, 2.24) is 9.29 Å². The molecular formula is C19H24N2O3S. The standard InChI is InChI=1S/C19H24N2O3S/c1-13-6-8-21(9-7-13)25(23,24)15-4-5-18-16(11-15)17(12-20-18)19(22)10-14-2-3-14/h4-5,11-14,20H,2-3,6-10H2,1H3. The van der Waals surface area contributed by atoms with E-state index >= 15 is 0 Å². The van der Waals surface area contributed by atoms with E-state index in [0.717, 1.165) is 36.6 Å². The Hall–Kier alpha value is -1.66. The van der Waals surface area contributed by atoms with Crippen LogP contribution < -0.4 is 0 Å². The Morgan fingerprint density at radius 2 is 1.92 bits per heavy atom. The van der Waals surface area contributed by atoms with Crippen LogP contribution in [0.1, 0.15) is 49.4 Å². The average Bonchev–Trinajstić information content (AvgIpc) is 3.30. The van der Waals surface area contributed by atoms with Gasteiger partial charge in [-0.25, -0.2) is 8.42 Å². The van der Waals surface area contributed by atoms with E-state index in [4.69, 9.17) is 0 Å². The second-order valence-electron chi connectivity index (χ2n) is 7.57. The monoisotopic (exact) mass is 360 g/mol. The van der Waals surface area contributed by atoms with Gasteiger partial charge in [-0.1, -0.05) is 6.92 Å². The Morgan fingerprint density at radius 1 is 1.20 bits per heavy atom. The molecule has 0 unspecified atom stereocenters. The molecule has 0 atom stereocenters. The van der Waals surface area contributed by atoms with E-state index in [9.17, 15) is 13.2 Å². The predicted octanol–water partition coefficient (Wildman–Crippen LogP) is 3.57. The molecule has 0 radical (unpaired) electrons. The highest BCUT2D eigenvalue weighted by Crippen LogP contribution is 2.35. The summed E-state index contributed by atoms with van der Waals surface area (Å²) in [6, 6.07) is 5.07. The number of nitrogens with zero attached hydrogens (tertiary/aromatic N) is 1. The third-order valence-electron chi connectivity index (χ3n) is 5.50. The maximum absolute atomic E-state index is 13.0. The summed E-state index contributed by atoms with van der Waals surface area (Å²) in [6.07, 6.45) is 6.33. The van der Waals surface area contributed by atoms with Crippen LogP contribution in [0.3, 0.4) is 0 Å². The second-order valence-corrected chi connectivity index (χ2v) is 9.50. The van der Waals surface area contributed by atoms with Crippen LogP contribution >= 0.6 is 0 Å². The Kier molecular flexibility index (Phi) is 4.20. The number of sulfonamides is 1. The summed E-state index contributed by atoms with van der Waals surface area (Å²) in [6.45, 7) is 3.30. The fourth-order valence-electron chi connectivity index (χ4n) is 3.56. The topological polar surface area (TPSA) is 70.2 Å². The van der Waals surface area contributed by atoms with Gasteiger partial charge in [0.15, 0.2) is 5.78 Å². The lowest BCUT2D eigenvalue weighted by atomic mass is 10.0. The fourth-order valence-corrected chi connectivity index (χ4v) is 5.06. The van der Waals surface area contributed by atoms with Gasteiger partial charge in [0.2, 0.25) is 10.0 Å². The van der Waals surface area contributed by atoms with Crippen LogP contribution in [0.4, 0.5) is 0 Å². The highest BCUT2D eigenvalue weighted by Gasteiger charge is 2.29. The van der Waals surface area contributed by atoms with Crippen molar-refractivity contribution in [2.75, 3.05) is 13.1 Å². The Morgan fingerprint density at radius 3 is 2.60 bits per heavy atom. The molecule has 25 heavy (non-hydrogen) atoms. The summed E-state index contributed by atoms with van der Waals surface area (Å²) in [5, 5.41) is 0.720. The van der Waals surface area contributed by atoms with Crippen molar-refractivity contribution < 1.29 is 13.2 Å². The van der Waals surface area contributed by atoms with Crippen molar-refractivity contribution in [2.45, 2.75) is 43.9 Å². The summed E-state index contributed by atoms with van der Waals surface area (Å²) in [7, 11) is -3.50. The smallest absolute Gasteiger partial charge is 0.243 e. The minimum absolute atomic E-state index is 0.107. The number of ketones is 1. The Labute approximate surface area is 148 Å². The van der Waals surface area contributed by atoms with Crippen molar-refractivity contribution in [2.24, 2.45) is 11.8 Å². The number of Topliss-reactive ketones (excluding diaryl/α,β-unsaturated/α-hetero) is 1.